The smallest absolute Gasteiger partial charge is 0.00217 e. The van der Waals surface area contributed by atoms with Crippen LogP contribution in [0.15, 0.2) is 30.3 Å². The molecule has 1 nitrogen and oxygen atoms in total. The Morgan fingerprint density at radius 2 is 0.966 bits per heavy atom. The second-order valence-electron chi connectivity index (χ2n) is 8.97. The third-order valence-electron chi connectivity index (χ3n) is 6.33. The van der Waals surface area contributed by atoms with Crippen molar-refractivity contribution in [2.24, 2.45) is 0 Å². The average molecular weight is 402 g/mol. The first kappa shape index (κ1) is 26.2. The normalized spacial score (nSPS) is 11.4. The van der Waals surface area contributed by atoms with Crippen molar-refractivity contribution >= 4 is 0 Å². The van der Waals surface area contributed by atoms with Gasteiger partial charge in [-0.1, -0.05) is 140 Å². The first-order chi connectivity index (χ1) is 14.4. The Labute approximate surface area is 183 Å². The molecule has 0 radical (unpaired) electrons. The molecule has 0 unspecified atom stereocenters. The zero-order chi connectivity index (χ0) is 20.8. The Kier molecular flexibility index (Phi) is 18.5. The number of hydrogen-bond donors (Lipinski definition) is 0. The van der Waals surface area contributed by atoms with Gasteiger partial charge in [0.05, 0.1) is 0 Å². The highest BCUT2D eigenvalue weighted by Crippen LogP contribution is 2.14. The molecule has 0 aliphatic rings. The van der Waals surface area contributed by atoms with Crippen molar-refractivity contribution in [2.45, 2.75) is 123 Å². The van der Waals surface area contributed by atoms with Gasteiger partial charge in [0.1, 0.15) is 0 Å². The summed E-state index contributed by atoms with van der Waals surface area (Å²) in [5, 5.41) is 0. The van der Waals surface area contributed by atoms with E-state index in [0.717, 1.165) is 0 Å². The highest BCUT2D eigenvalue weighted by molar-refractivity contribution is 5.14. The second kappa shape index (κ2) is 20.5. The number of nitrogens with zero attached hydrogens (tertiary/aromatic N) is 1. The predicted octanol–water partition coefficient (Wildman–Crippen LogP) is 8.81. The summed E-state index contributed by atoms with van der Waals surface area (Å²) in [7, 11) is 0. The first-order valence-corrected chi connectivity index (χ1v) is 13.1. The molecule has 0 aliphatic heterocycles. The minimum atomic E-state index is 1.19. The molecule has 0 atom stereocenters. The van der Waals surface area contributed by atoms with E-state index >= 15 is 0 Å². The van der Waals surface area contributed by atoms with E-state index in [1.807, 2.05) is 0 Å². The van der Waals surface area contributed by atoms with Gasteiger partial charge in [-0.05, 0) is 31.5 Å². The fourth-order valence-electron chi connectivity index (χ4n) is 4.24. The number of benzene rings is 1. The van der Waals surface area contributed by atoms with Crippen molar-refractivity contribution in [1.82, 2.24) is 4.90 Å². The minimum absolute atomic E-state index is 1.19. The van der Waals surface area contributed by atoms with Gasteiger partial charge < -0.3 is 4.90 Å². The SMILES string of the molecule is CCCCCCCCCCCCCCCCCCN(CC)CCc1ccccc1. The zero-order valence-corrected chi connectivity index (χ0v) is 20.0. The topological polar surface area (TPSA) is 3.24 Å². The summed E-state index contributed by atoms with van der Waals surface area (Å²) in [5.41, 5.74) is 1.47. The van der Waals surface area contributed by atoms with E-state index in [1.165, 1.54) is 134 Å². The molecular weight excluding hydrogens is 350 g/mol. The summed E-state index contributed by atoms with van der Waals surface area (Å²) < 4.78 is 0. The van der Waals surface area contributed by atoms with Gasteiger partial charge in [-0.15, -0.1) is 0 Å². The molecule has 0 bridgehead atoms. The van der Waals surface area contributed by atoms with Crippen LogP contribution >= 0.6 is 0 Å². The number of hydrogen-bond acceptors (Lipinski definition) is 1. The van der Waals surface area contributed by atoms with Crippen molar-refractivity contribution in [3.8, 4) is 0 Å². The molecule has 1 heteroatoms. The second-order valence-corrected chi connectivity index (χ2v) is 8.97. The van der Waals surface area contributed by atoms with Crippen LogP contribution in [0.5, 0.6) is 0 Å². The van der Waals surface area contributed by atoms with Crippen LogP contribution in [0.25, 0.3) is 0 Å². The molecule has 0 N–H and O–H groups in total. The van der Waals surface area contributed by atoms with E-state index in [0.29, 0.717) is 0 Å². The Balaban J connectivity index is 1.81. The lowest BCUT2D eigenvalue weighted by atomic mass is 10.0. The van der Waals surface area contributed by atoms with Gasteiger partial charge in [-0.3, -0.25) is 0 Å². The third kappa shape index (κ3) is 16.6. The van der Waals surface area contributed by atoms with E-state index < -0.39 is 0 Å². The Morgan fingerprint density at radius 3 is 1.41 bits per heavy atom. The van der Waals surface area contributed by atoms with Crippen molar-refractivity contribution in [2.75, 3.05) is 19.6 Å². The van der Waals surface area contributed by atoms with E-state index in [9.17, 15) is 0 Å². The van der Waals surface area contributed by atoms with E-state index in [2.05, 4.69) is 49.1 Å². The van der Waals surface area contributed by atoms with Crippen molar-refractivity contribution in [3.05, 3.63) is 35.9 Å². The van der Waals surface area contributed by atoms with Gasteiger partial charge in [-0.25, -0.2) is 0 Å². The lowest BCUT2D eigenvalue weighted by Crippen LogP contribution is -2.27. The van der Waals surface area contributed by atoms with Crippen LogP contribution in [0, 0.1) is 0 Å². The molecule has 0 aliphatic carbocycles. The summed E-state index contributed by atoms with van der Waals surface area (Å²) >= 11 is 0. The number of likely N-dealkylation sites (N-methyl/N-ethyl adjacent to an activating group) is 1. The maximum absolute atomic E-state index is 2.62. The quantitative estimate of drug-likeness (QED) is 0.186. The molecule has 1 rings (SSSR count). The molecule has 0 saturated heterocycles. The van der Waals surface area contributed by atoms with Crippen LogP contribution in [-0.4, -0.2) is 24.5 Å². The van der Waals surface area contributed by atoms with E-state index in [-0.39, 0.29) is 0 Å². The molecule has 1 aromatic carbocycles. The largest absolute Gasteiger partial charge is 0.303 e. The minimum Gasteiger partial charge on any atom is -0.303 e. The Morgan fingerprint density at radius 1 is 0.517 bits per heavy atom. The lowest BCUT2D eigenvalue weighted by Gasteiger charge is -2.20. The summed E-state index contributed by atoms with van der Waals surface area (Å²) in [5.74, 6) is 0. The number of rotatable bonds is 21. The van der Waals surface area contributed by atoms with Crippen LogP contribution in [-0.2, 0) is 6.42 Å². The van der Waals surface area contributed by atoms with Crippen molar-refractivity contribution < 1.29 is 0 Å². The molecule has 168 valence electrons. The zero-order valence-electron chi connectivity index (χ0n) is 20.0. The van der Waals surface area contributed by atoms with Crippen molar-refractivity contribution in [3.63, 3.8) is 0 Å². The predicted molar refractivity (Wildman–Crippen MR) is 132 cm³/mol. The van der Waals surface area contributed by atoms with Crippen LogP contribution in [0.4, 0.5) is 0 Å². The van der Waals surface area contributed by atoms with Crippen LogP contribution in [0.1, 0.15) is 122 Å². The third-order valence-corrected chi connectivity index (χ3v) is 6.33. The van der Waals surface area contributed by atoms with Crippen LogP contribution < -0.4 is 0 Å². The van der Waals surface area contributed by atoms with Crippen molar-refractivity contribution in [1.29, 1.82) is 0 Å². The molecule has 0 heterocycles. The lowest BCUT2D eigenvalue weighted by molar-refractivity contribution is 0.284. The molecule has 1 aromatic rings. The molecular formula is C28H51N. The maximum atomic E-state index is 2.62. The number of unbranched alkanes of at least 4 members (excludes halogenated alkanes) is 15. The van der Waals surface area contributed by atoms with Gasteiger partial charge in [0.2, 0.25) is 0 Å². The maximum Gasteiger partial charge on any atom is 0.00217 e. The summed E-state index contributed by atoms with van der Waals surface area (Å²) in [6, 6.07) is 10.9. The van der Waals surface area contributed by atoms with Gasteiger partial charge >= 0.3 is 0 Å². The van der Waals surface area contributed by atoms with Gasteiger partial charge in [0.15, 0.2) is 0 Å². The van der Waals surface area contributed by atoms with Crippen LogP contribution in [0.3, 0.4) is 0 Å². The molecule has 0 fully saturated rings. The Bertz CT molecular complexity index is 427. The van der Waals surface area contributed by atoms with E-state index in [4.69, 9.17) is 0 Å². The standard InChI is InChI=1S/C28H51N/c1-3-5-6-7-8-9-10-11-12-13-14-15-16-17-18-22-26-29(4-2)27-25-28-23-20-19-21-24-28/h19-21,23-24H,3-18,22,25-27H2,1-2H3. The first-order valence-electron chi connectivity index (χ1n) is 13.1. The van der Waals surface area contributed by atoms with Crippen LogP contribution in [0.2, 0.25) is 0 Å². The molecule has 0 aromatic heterocycles. The van der Waals surface area contributed by atoms with Gasteiger partial charge in [0.25, 0.3) is 0 Å². The van der Waals surface area contributed by atoms with E-state index in [1.54, 1.807) is 0 Å². The average Bonchev–Trinajstić information content (AvgIpc) is 2.76. The Hall–Kier alpha value is -0.820. The molecule has 29 heavy (non-hydrogen) atoms. The fraction of sp³-hybridized carbons (Fsp3) is 0.786. The monoisotopic (exact) mass is 401 g/mol. The molecule has 0 spiro atoms. The van der Waals surface area contributed by atoms with Gasteiger partial charge in [0, 0.05) is 6.54 Å². The summed E-state index contributed by atoms with van der Waals surface area (Å²) in [6.07, 6.45) is 24.4. The fourth-order valence-corrected chi connectivity index (χ4v) is 4.24. The highest BCUT2D eigenvalue weighted by Gasteiger charge is 2.02. The highest BCUT2D eigenvalue weighted by atomic mass is 15.1. The molecule has 0 saturated carbocycles. The summed E-state index contributed by atoms with van der Waals surface area (Å²) in [4.78, 5) is 2.62. The summed E-state index contributed by atoms with van der Waals surface area (Å²) in [6.45, 7) is 8.28. The van der Waals surface area contributed by atoms with Gasteiger partial charge in [-0.2, -0.15) is 0 Å². The molecule has 0 amide bonds.